The van der Waals surface area contributed by atoms with Crippen LogP contribution in [0.5, 0.6) is 0 Å². The van der Waals surface area contributed by atoms with Gasteiger partial charge in [0.2, 0.25) is 0 Å². The zero-order valence-corrected chi connectivity index (χ0v) is 15.2. The molecule has 1 atom stereocenters. The lowest BCUT2D eigenvalue weighted by Crippen LogP contribution is -2.16. The van der Waals surface area contributed by atoms with Crippen LogP contribution in [0.2, 0.25) is 0 Å². The maximum atomic E-state index is 12.7. The molecule has 1 heterocycles. The van der Waals surface area contributed by atoms with Crippen molar-refractivity contribution >= 4 is 5.97 Å². The van der Waals surface area contributed by atoms with Gasteiger partial charge >= 0.3 is 5.97 Å². The molecule has 0 saturated carbocycles. The Morgan fingerprint density at radius 3 is 1.67 bits per heavy atom. The van der Waals surface area contributed by atoms with Crippen LogP contribution < -0.4 is 0 Å². The summed E-state index contributed by atoms with van der Waals surface area (Å²) in [5.74, 6) is -0.175. The molecule has 0 N–H and O–H groups in total. The van der Waals surface area contributed by atoms with Crippen molar-refractivity contribution in [1.82, 2.24) is 0 Å². The minimum Gasteiger partial charge on any atom is -0.454 e. The van der Waals surface area contributed by atoms with Crippen LogP contribution in [0.3, 0.4) is 0 Å². The maximum absolute atomic E-state index is 12.7. The molecule has 0 bridgehead atoms. The molecule has 0 amide bonds. The van der Waals surface area contributed by atoms with Crippen molar-refractivity contribution in [2.45, 2.75) is 25.4 Å². The molecule has 2 nitrogen and oxygen atoms in total. The topological polar surface area (TPSA) is 26.3 Å². The summed E-state index contributed by atoms with van der Waals surface area (Å²) in [6.45, 7) is 0. The Morgan fingerprint density at radius 2 is 1.11 bits per heavy atom. The van der Waals surface area contributed by atoms with Crippen molar-refractivity contribution < 1.29 is 9.53 Å². The number of cyclic esters (lactones) is 1. The number of hydrogen-bond donors (Lipinski definition) is 0. The number of carbonyl (C=O) groups is 1. The molecule has 0 radical (unpaired) electrons. The standard InChI is InChI=1S/C25H22O2/c26-25-23(17-20-12-6-2-7-13-20)22(16-19-10-4-1-5-11-19)24(27-25)18-21-14-8-3-9-15-21/h1-15,24H,16-18H2. The van der Waals surface area contributed by atoms with E-state index in [1.165, 1.54) is 11.1 Å². The Hall–Kier alpha value is -3.13. The van der Waals surface area contributed by atoms with Gasteiger partial charge in [-0.15, -0.1) is 0 Å². The van der Waals surface area contributed by atoms with Crippen molar-refractivity contribution in [3.63, 3.8) is 0 Å². The van der Waals surface area contributed by atoms with E-state index in [9.17, 15) is 4.79 Å². The number of benzene rings is 3. The molecule has 0 fully saturated rings. The Kier molecular flexibility index (Phi) is 5.15. The third-order valence-electron chi connectivity index (χ3n) is 5.00. The van der Waals surface area contributed by atoms with Crippen LogP contribution in [0.1, 0.15) is 16.7 Å². The Labute approximate surface area is 160 Å². The largest absolute Gasteiger partial charge is 0.454 e. The van der Waals surface area contributed by atoms with E-state index in [2.05, 4.69) is 36.4 Å². The van der Waals surface area contributed by atoms with E-state index in [0.29, 0.717) is 12.8 Å². The molecular weight excluding hydrogens is 332 g/mol. The molecule has 4 rings (SSSR count). The fraction of sp³-hybridized carbons (Fsp3) is 0.160. The van der Waals surface area contributed by atoms with Gasteiger partial charge in [0.1, 0.15) is 6.10 Å². The first-order valence-electron chi connectivity index (χ1n) is 9.34. The minimum atomic E-state index is -0.196. The number of carbonyl (C=O) groups excluding carboxylic acids is 1. The lowest BCUT2D eigenvalue weighted by atomic mass is 9.91. The minimum absolute atomic E-state index is 0.175. The van der Waals surface area contributed by atoms with Crippen LogP contribution in [0.4, 0.5) is 0 Å². The van der Waals surface area contributed by atoms with Crippen molar-refractivity contribution in [2.75, 3.05) is 0 Å². The SMILES string of the molecule is O=C1OC(Cc2ccccc2)C(Cc2ccccc2)=C1Cc1ccccc1. The van der Waals surface area contributed by atoms with Gasteiger partial charge in [0.15, 0.2) is 0 Å². The highest BCUT2D eigenvalue weighted by molar-refractivity contribution is 5.93. The first kappa shape index (κ1) is 17.3. The van der Waals surface area contributed by atoms with Crippen LogP contribution in [-0.4, -0.2) is 12.1 Å². The highest BCUT2D eigenvalue weighted by Crippen LogP contribution is 2.30. The fourth-order valence-corrected chi connectivity index (χ4v) is 3.61. The average molecular weight is 354 g/mol. The van der Waals surface area contributed by atoms with Gasteiger partial charge in [-0.1, -0.05) is 91.0 Å². The van der Waals surface area contributed by atoms with Gasteiger partial charge in [-0.3, -0.25) is 0 Å². The van der Waals surface area contributed by atoms with Gasteiger partial charge in [-0.05, 0) is 28.7 Å². The van der Waals surface area contributed by atoms with Crippen LogP contribution in [-0.2, 0) is 28.8 Å². The molecule has 0 spiro atoms. The molecule has 0 aliphatic carbocycles. The summed E-state index contributed by atoms with van der Waals surface area (Å²) >= 11 is 0. The van der Waals surface area contributed by atoms with Crippen molar-refractivity contribution in [1.29, 1.82) is 0 Å². The zero-order valence-electron chi connectivity index (χ0n) is 15.2. The van der Waals surface area contributed by atoms with Crippen molar-refractivity contribution in [3.05, 3.63) is 119 Å². The van der Waals surface area contributed by atoms with Gasteiger partial charge in [-0.25, -0.2) is 4.79 Å². The van der Waals surface area contributed by atoms with Crippen LogP contribution >= 0.6 is 0 Å². The molecule has 2 heteroatoms. The van der Waals surface area contributed by atoms with E-state index in [4.69, 9.17) is 4.74 Å². The smallest absolute Gasteiger partial charge is 0.335 e. The Balaban J connectivity index is 1.67. The summed E-state index contributed by atoms with van der Waals surface area (Å²) < 4.78 is 5.82. The van der Waals surface area contributed by atoms with Crippen LogP contribution in [0, 0.1) is 0 Å². The quantitative estimate of drug-likeness (QED) is 0.586. The zero-order chi connectivity index (χ0) is 18.5. The third-order valence-corrected chi connectivity index (χ3v) is 5.00. The number of esters is 1. The summed E-state index contributed by atoms with van der Waals surface area (Å²) in [6, 6.07) is 30.7. The number of ether oxygens (including phenoxy) is 1. The Morgan fingerprint density at radius 1 is 0.630 bits per heavy atom. The lowest BCUT2D eigenvalue weighted by Gasteiger charge is -2.15. The molecule has 1 aliphatic heterocycles. The van der Waals surface area contributed by atoms with E-state index < -0.39 is 0 Å². The molecule has 0 saturated heterocycles. The third kappa shape index (κ3) is 4.17. The second-order valence-electron chi connectivity index (χ2n) is 6.91. The first-order valence-corrected chi connectivity index (χ1v) is 9.34. The molecule has 1 aliphatic rings. The normalized spacial score (nSPS) is 16.4. The van der Waals surface area contributed by atoms with E-state index in [-0.39, 0.29) is 12.1 Å². The average Bonchev–Trinajstić information content (AvgIpc) is 2.99. The highest BCUT2D eigenvalue weighted by Gasteiger charge is 2.33. The monoisotopic (exact) mass is 354 g/mol. The summed E-state index contributed by atoms with van der Waals surface area (Å²) in [6.07, 6.45) is 1.88. The maximum Gasteiger partial charge on any atom is 0.335 e. The van der Waals surface area contributed by atoms with Crippen molar-refractivity contribution in [2.24, 2.45) is 0 Å². The molecule has 1 unspecified atom stereocenters. The predicted molar refractivity (Wildman–Crippen MR) is 107 cm³/mol. The molecule has 27 heavy (non-hydrogen) atoms. The predicted octanol–water partition coefficient (Wildman–Crippen LogP) is 4.94. The highest BCUT2D eigenvalue weighted by atomic mass is 16.5. The Bertz CT molecular complexity index is 928. The summed E-state index contributed by atoms with van der Waals surface area (Å²) in [5.41, 5.74) is 5.44. The molecule has 3 aromatic carbocycles. The molecule has 3 aromatic rings. The van der Waals surface area contributed by atoms with E-state index in [0.717, 1.165) is 23.1 Å². The van der Waals surface area contributed by atoms with E-state index >= 15 is 0 Å². The first-order chi connectivity index (χ1) is 13.3. The second kappa shape index (κ2) is 8.05. The summed E-state index contributed by atoms with van der Waals surface area (Å²) in [7, 11) is 0. The van der Waals surface area contributed by atoms with Gasteiger partial charge in [0.05, 0.1) is 0 Å². The molecular formula is C25H22O2. The van der Waals surface area contributed by atoms with Gasteiger partial charge in [-0.2, -0.15) is 0 Å². The van der Waals surface area contributed by atoms with Gasteiger partial charge < -0.3 is 4.74 Å². The summed E-state index contributed by atoms with van der Waals surface area (Å²) in [4.78, 5) is 12.7. The lowest BCUT2D eigenvalue weighted by molar-refractivity contribution is -0.139. The molecule has 134 valence electrons. The van der Waals surface area contributed by atoms with Crippen LogP contribution in [0.25, 0.3) is 0 Å². The van der Waals surface area contributed by atoms with Gasteiger partial charge in [0, 0.05) is 18.4 Å². The number of rotatable bonds is 6. The van der Waals surface area contributed by atoms with Crippen LogP contribution in [0.15, 0.2) is 102 Å². The number of hydrogen-bond acceptors (Lipinski definition) is 2. The van der Waals surface area contributed by atoms with Crippen molar-refractivity contribution in [3.8, 4) is 0 Å². The van der Waals surface area contributed by atoms with E-state index in [1.54, 1.807) is 0 Å². The molecule has 0 aromatic heterocycles. The van der Waals surface area contributed by atoms with E-state index in [1.807, 2.05) is 54.6 Å². The summed E-state index contributed by atoms with van der Waals surface area (Å²) in [5, 5.41) is 0. The second-order valence-corrected chi connectivity index (χ2v) is 6.91. The van der Waals surface area contributed by atoms with Gasteiger partial charge in [0.25, 0.3) is 0 Å². The fourth-order valence-electron chi connectivity index (χ4n) is 3.61.